The van der Waals surface area contributed by atoms with E-state index in [0.717, 1.165) is 0 Å². The van der Waals surface area contributed by atoms with Gasteiger partial charge in [0.1, 0.15) is 17.4 Å². The van der Waals surface area contributed by atoms with Gasteiger partial charge in [-0.2, -0.15) is 0 Å². The van der Waals surface area contributed by atoms with Gasteiger partial charge in [0.25, 0.3) is 0 Å². The van der Waals surface area contributed by atoms with Crippen molar-refractivity contribution >= 4 is 58.2 Å². The number of carbonyl (C=O) groups excluding carboxylic acids is 2. The van der Waals surface area contributed by atoms with Crippen molar-refractivity contribution in [1.82, 2.24) is 4.98 Å². The lowest BCUT2D eigenvalue weighted by Crippen LogP contribution is -2.14. The van der Waals surface area contributed by atoms with Crippen molar-refractivity contribution in [3.63, 3.8) is 0 Å². The summed E-state index contributed by atoms with van der Waals surface area (Å²) in [5.74, 6) is -1.00. The lowest BCUT2D eigenvalue weighted by Gasteiger charge is -2.07. The molecule has 0 atom stereocenters. The quantitative estimate of drug-likeness (QED) is 0.463. The highest BCUT2D eigenvalue weighted by Crippen LogP contribution is 2.36. The van der Waals surface area contributed by atoms with E-state index in [-0.39, 0.29) is 45.4 Å². The Morgan fingerprint density at radius 1 is 1.11 bits per heavy atom. The summed E-state index contributed by atoms with van der Waals surface area (Å²) in [4.78, 5) is 26.7. The Morgan fingerprint density at radius 2 is 1.74 bits per heavy atom. The first-order chi connectivity index (χ1) is 8.86. The van der Waals surface area contributed by atoms with Crippen LogP contribution < -0.4 is 0 Å². The molecule has 0 N–H and O–H groups in total. The van der Waals surface area contributed by atoms with Crippen molar-refractivity contribution in [2.24, 2.45) is 0 Å². The van der Waals surface area contributed by atoms with Crippen molar-refractivity contribution in [2.45, 2.75) is 19.8 Å². The molecular weight excluding hydrogens is 336 g/mol. The Balaban J connectivity index is 2.83. The minimum atomic E-state index is -0.602. The average Bonchev–Trinajstić information content (AvgIpc) is 2.33. The van der Waals surface area contributed by atoms with Gasteiger partial charge in [-0.25, -0.2) is 4.98 Å². The highest BCUT2D eigenvalue weighted by molar-refractivity contribution is 6.51. The van der Waals surface area contributed by atoms with Gasteiger partial charge >= 0.3 is 5.97 Å². The number of ketones is 1. The van der Waals surface area contributed by atoms with Crippen molar-refractivity contribution in [3.05, 3.63) is 25.9 Å². The zero-order chi connectivity index (χ0) is 14.6. The van der Waals surface area contributed by atoms with Crippen LogP contribution in [0.5, 0.6) is 0 Å². The number of hydrogen-bond acceptors (Lipinski definition) is 4. The summed E-state index contributed by atoms with van der Waals surface area (Å²) >= 11 is 23.2. The molecule has 0 spiro atoms. The molecule has 0 radical (unpaired) electrons. The first-order valence-electron chi connectivity index (χ1n) is 5.23. The van der Waals surface area contributed by atoms with Gasteiger partial charge in [0.2, 0.25) is 0 Å². The first-order valence-corrected chi connectivity index (χ1v) is 6.74. The SMILES string of the molecule is CCOC(=O)CC(=O)Cc1nc(Cl)c(Cl)c(Cl)c1Cl. The summed E-state index contributed by atoms with van der Waals surface area (Å²) in [7, 11) is 0. The number of rotatable bonds is 5. The maximum absolute atomic E-state index is 11.6. The van der Waals surface area contributed by atoms with E-state index in [0.29, 0.717) is 0 Å². The van der Waals surface area contributed by atoms with Gasteiger partial charge in [-0.1, -0.05) is 46.4 Å². The summed E-state index contributed by atoms with van der Waals surface area (Å²) < 4.78 is 4.66. The van der Waals surface area contributed by atoms with E-state index in [1.54, 1.807) is 6.92 Å². The van der Waals surface area contributed by atoms with E-state index >= 15 is 0 Å². The number of halogens is 4. The van der Waals surface area contributed by atoms with Crippen LogP contribution in [0.15, 0.2) is 0 Å². The van der Waals surface area contributed by atoms with E-state index in [1.807, 2.05) is 0 Å². The normalized spacial score (nSPS) is 10.4. The highest BCUT2D eigenvalue weighted by atomic mass is 35.5. The Morgan fingerprint density at radius 3 is 2.32 bits per heavy atom. The van der Waals surface area contributed by atoms with Crippen LogP contribution in [0.1, 0.15) is 19.0 Å². The predicted molar refractivity (Wildman–Crippen MR) is 74.2 cm³/mol. The molecule has 0 saturated carbocycles. The van der Waals surface area contributed by atoms with Gasteiger partial charge in [0.05, 0.1) is 33.8 Å². The molecule has 0 amide bonds. The summed E-state index contributed by atoms with van der Waals surface area (Å²) in [5, 5.41) is 0.0560. The van der Waals surface area contributed by atoms with E-state index in [9.17, 15) is 9.59 Å². The summed E-state index contributed by atoms with van der Waals surface area (Å²) in [6.45, 7) is 1.86. The third-order valence-electron chi connectivity index (χ3n) is 2.06. The Bertz CT molecular complexity index is 519. The number of ether oxygens (including phenoxy) is 1. The summed E-state index contributed by atoms with van der Waals surface area (Å²) in [6, 6.07) is 0. The first kappa shape index (κ1) is 16.5. The lowest BCUT2D eigenvalue weighted by molar-refractivity contribution is -0.145. The molecule has 104 valence electrons. The number of aromatic nitrogens is 1. The van der Waals surface area contributed by atoms with Crippen LogP contribution in [-0.2, 0) is 20.7 Å². The molecule has 19 heavy (non-hydrogen) atoms. The fraction of sp³-hybridized carbons (Fsp3) is 0.364. The van der Waals surface area contributed by atoms with Gasteiger partial charge in [-0.15, -0.1) is 0 Å². The van der Waals surface area contributed by atoms with Gasteiger partial charge in [-0.3, -0.25) is 9.59 Å². The molecule has 1 heterocycles. The van der Waals surface area contributed by atoms with Crippen molar-refractivity contribution < 1.29 is 14.3 Å². The topological polar surface area (TPSA) is 56.3 Å². The Labute approximate surface area is 129 Å². The molecule has 0 aliphatic heterocycles. The molecule has 0 unspecified atom stereocenters. The number of nitrogens with zero attached hydrogens (tertiary/aromatic N) is 1. The molecule has 8 heteroatoms. The van der Waals surface area contributed by atoms with E-state index in [2.05, 4.69) is 9.72 Å². The minimum absolute atomic E-state index is 0.0231. The molecule has 0 saturated heterocycles. The third-order valence-corrected chi connectivity index (χ3v) is 3.78. The number of Topliss-reactive ketones (excluding diaryl/α,β-unsaturated/α-hetero) is 1. The van der Waals surface area contributed by atoms with Crippen molar-refractivity contribution in [1.29, 1.82) is 0 Å². The molecule has 1 aromatic rings. The molecule has 0 aromatic carbocycles. The predicted octanol–water partition coefficient (Wildman–Crippen LogP) is 3.76. The molecule has 0 aliphatic rings. The van der Waals surface area contributed by atoms with E-state index in [1.165, 1.54) is 0 Å². The van der Waals surface area contributed by atoms with Crippen LogP contribution in [0.25, 0.3) is 0 Å². The molecule has 0 fully saturated rings. The highest BCUT2D eigenvalue weighted by Gasteiger charge is 2.18. The van der Waals surface area contributed by atoms with Crippen LogP contribution in [0.2, 0.25) is 20.2 Å². The molecule has 0 bridgehead atoms. The van der Waals surface area contributed by atoms with Crippen LogP contribution in [-0.4, -0.2) is 23.3 Å². The summed E-state index contributed by atoms with van der Waals surface area (Å²) in [6.07, 6.45) is -0.530. The number of esters is 1. The molecule has 4 nitrogen and oxygen atoms in total. The second-order valence-corrected chi connectivity index (χ2v) is 4.98. The lowest BCUT2D eigenvalue weighted by atomic mass is 10.1. The number of carbonyl (C=O) groups is 2. The summed E-state index contributed by atoms with van der Waals surface area (Å²) in [5.41, 5.74) is 0.176. The monoisotopic (exact) mass is 343 g/mol. The van der Waals surface area contributed by atoms with Crippen LogP contribution in [0.3, 0.4) is 0 Å². The Hall–Kier alpha value is -0.550. The van der Waals surface area contributed by atoms with Crippen LogP contribution in [0, 0.1) is 0 Å². The molecule has 1 aromatic heterocycles. The van der Waals surface area contributed by atoms with E-state index < -0.39 is 11.8 Å². The zero-order valence-corrected chi connectivity index (χ0v) is 12.8. The average molecular weight is 345 g/mol. The maximum atomic E-state index is 11.6. The Kier molecular flexibility index (Phi) is 6.33. The molecule has 1 rings (SSSR count). The maximum Gasteiger partial charge on any atom is 0.313 e. The number of pyridine rings is 1. The second-order valence-electron chi connectivity index (χ2n) is 3.49. The largest absolute Gasteiger partial charge is 0.466 e. The van der Waals surface area contributed by atoms with Gasteiger partial charge in [-0.05, 0) is 6.92 Å². The minimum Gasteiger partial charge on any atom is -0.466 e. The van der Waals surface area contributed by atoms with Gasteiger partial charge in [0.15, 0.2) is 0 Å². The van der Waals surface area contributed by atoms with Gasteiger partial charge in [0, 0.05) is 0 Å². The number of hydrogen-bond donors (Lipinski definition) is 0. The third kappa shape index (κ3) is 4.49. The standard InChI is InChI=1S/C11H9Cl4NO3/c1-2-19-7(18)4-5(17)3-6-8(12)9(13)10(14)11(15)16-6/h2-4H2,1H3. The fourth-order valence-electron chi connectivity index (χ4n) is 1.27. The zero-order valence-electron chi connectivity index (χ0n) is 9.81. The van der Waals surface area contributed by atoms with Crippen molar-refractivity contribution in [2.75, 3.05) is 6.61 Å². The van der Waals surface area contributed by atoms with Crippen molar-refractivity contribution in [3.8, 4) is 0 Å². The second kappa shape index (κ2) is 7.29. The smallest absolute Gasteiger partial charge is 0.313 e. The van der Waals surface area contributed by atoms with Gasteiger partial charge < -0.3 is 4.74 Å². The van der Waals surface area contributed by atoms with Crippen LogP contribution in [0.4, 0.5) is 0 Å². The fourth-order valence-corrected chi connectivity index (χ4v) is 2.10. The molecule has 0 aliphatic carbocycles. The van der Waals surface area contributed by atoms with Crippen LogP contribution >= 0.6 is 46.4 Å². The van der Waals surface area contributed by atoms with E-state index in [4.69, 9.17) is 46.4 Å². The molecular formula is C11H9Cl4NO3.